The minimum absolute atomic E-state index is 0.0266. The van der Waals surface area contributed by atoms with Gasteiger partial charge in [-0.25, -0.2) is 9.78 Å². The smallest absolute Gasteiger partial charge is 0.337 e. The largest absolute Gasteiger partial charge is 0.478 e. The first-order chi connectivity index (χ1) is 16.3. The van der Waals surface area contributed by atoms with Crippen molar-refractivity contribution in [1.29, 1.82) is 10.5 Å². The van der Waals surface area contributed by atoms with Gasteiger partial charge in [-0.2, -0.15) is 10.5 Å². The van der Waals surface area contributed by atoms with Gasteiger partial charge in [0.15, 0.2) is 11.4 Å². The first kappa shape index (κ1) is 22.8. The summed E-state index contributed by atoms with van der Waals surface area (Å²) in [5, 5.41) is 31.7. The summed E-state index contributed by atoms with van der Waals surface area (Å²) in [6.45, 7) is 4.79. The summed E-state index contributed by atoms with van der Waals surface area (Å²) >= 11 is 0. The normalized spacial score (nSPS) is 14.9. The van der Waals surface area contributed by atoms with Crippen molar-refractivity contribution in [3.8, 4) is 12.1 Å². The molecule has 172 valence electrons. The molecule has 1 aliphatic rings. The summed E-state index contributed by atoms with van der Waals surface area (Å²) in [6, 6.07) is 12.5. The summed E-state index contributed by atoms with van der Waals surface area (Å²) in [5.41, 5.74) is 2.03. The standard InChI is InChI=1S/C25H24N6O3/c1-15-11-19(16(2)28-21-6-4-3-5-18(21)25(33)34)23-29-22(20(13-27)24(32)31(23)14-15)30-9-7-17(12-26)8-10-30/h3-6,11,14,16-17,28H,7-10H2,1-2H3,(H,33,34)/t16-/m1/s1. The number of anilines is 2. The van der Waals surface area contributed by atoms with E-state index in [1.165, 1.54) is 10.5 Å². The SMILES string of the molecule is Cc1cc([C@@H](C)Nc2ccccc2C(=O)O)c2nc(N3CCC(C#N)CC3)c(C#N)c(=O)n2c1. The number of aromatic carboxylic acids is 1. The summed E-state index contributed by atoms with van der Waals surface area (Å²) < 4.78 is 1.38. The van der Waals surface area contributed by atoms with E-state index in [4.69, 9.17) is 4.98 Å². The molecule has 2 aromatic heterocycles. The van der Waals surface area contributed by atoms with Gasteiger partial charge in [0.25, 0.3) is 5.56 Å². The number of nitrogens with one attached hydrogen (secondary N) is 1. The molecule has 3 aromatic rings. The topological polar surface area (TPSA) is 135 Å². The van der Waals surface area contributed by atoms with Crippen LogP contribution in [-0.2, 0) is 0 Å². The van der Waals surface area contributed by atoms with Gasteiger partial charge >= 0.3 is 5.97 Å². The number of nitrogens with zero attached hydrogens (tertiary/aromatic N) is 5. The molecule has 0 spiro atoms. The number of nitriles is 2. The number of aryl methyl sites for hydroxylation is 1. The highest BCUT2D eigenvalue weighted by Gasteiger charge is 2.26. The lowest BCUT2D eigenvalue weighted by Gasteiger charge is -2.31. The van der Waals surface area contributed by atoms with Crippen molar-refractivity contribution in [3.63, 3.8) is 0 Å². The van der Waals surface area contributed by atoms with E-state index in [0.29, 0.717) is 48.6 Å². The van der Waals surface area contributed by atoms with Gasteiger partial charge in [-0.3, -0.25) is 9.20 Å². The maximum Gasteiger partial charge on any atom is 0.337 e. The number of pyridine rings is 1. The molecule has 2 N–H and O–H groups in total. The van der Waals surface area contributed by atoms with Crippen LogP contribution in [0, 0.1) is 35.5 Å². The number of carboxylic acids is 1. The first-order valence-electron chi connectivity index (χ1n) is 11.0. The lowest BCUT2D eigenvalue weighted by atomic mass is 9.98. The number of aromatic nitrogens is 2. The summed E-state index contributed by atoms with van der Waals surface area (Å²) in [6.07, 6.45) is 2.94. The number of rotatable bonds is 5. The summed E-state index contributed by atoms with van der Waals surface area (Å²) in [4.78, 5) is 31.6. The van der Waals surface area contributed by atoms with Gasteiger partial charge in [0, 0.05) is 36.5 Å². The van der Waals surface area contributed by atoms with Crippen molar-refractivity contribution in [2.45, 2.75) is 32.7 Å². The Bertz CT molecular complexity index is 1410. The molecule has 1 fully saturated rings. The van der Waals surface area contributed by atoms with E-state index in [-0.39, 0.29) is 23.1 Å². The Morgan fingerprint density at radius 2 is 1.97 bits per heavy atom. The molecule has 0 aliphatic carbocycles. The van der Waals surface area contributed by atoms with E-state index in [9.17, 15) is 25.2 Å². The second kappa shape index (κ2) is 9.24. The molecule has 34 heavy (non-hydrogen) atoms. The molecule has 1 aromatic carbocycles. The Morgan fingerprint density at radius 1 is 1.26 bits per heavy atom. The average Bonchev–Trinajstić information content (AvgIpc) is 2.84. The lowest BCUT2D eigenvalue weighted by Crippen LogP contribution is -2.36. The molecule has 1 saturated heterocycles. The second-order valence-corrected chi connectivity index (χ2v) is 8.50. The van der Waals surface area contributed by atoms with Crippen LogP contribution in [0.1, 0.15) is 52.9 Å². The quantitative estimate of drug-likeness (QED) is 0.596. The van der Waals surface area contributed by atoms with Gasteiger partial charge in [-0.05, 0) is 50.5 Å². The molecule has 1 aliphatic heterocycles. The molecule has 9 nitrogen and oxygen atoms in total. The van der Waals surface area contributed by atoms with Crippen molar-refractivity contribution in [3.05, 3.63) is 69.1 Å². The molecule has 0 amide bonds. The molecule has 0 bridgehead atoms. The highest BCUT2D eigenvalue weighted by molar-refractivity contribution is 5.94. The zero-order chi connectivity index (χ0) is 24.4. The fraction of sp³-hybridized carbons (Fsp3) is 0.320. The third-order valence-electron chi connectivity index (χ3n) is 6.16. The predicted octanol–water partition coefficient (Wildman–Crippen LogP) is 3.49. The molecular formula is C25H24N6O3. The highest BCUT2D eigenvalue weighted by atomic mass is 16.4. The van der Waals surface area contributed by atoms with Crippen molar-refractivity contribution in [2.24, 2.45) is 5.92 Å². The minimum atomic E-state index is -1.04. The lowest BCUT2D eigenvalue weighted by molar-refractivity contribution is 0.0698. The van der Waals surface area contributed by atoms with E-state index >= 15 is 0 Å². The van der Waals surface area contributed by atoms with Gasteiger partial charge in [-0.1, -0.05) is 12.1 Å². The first-order valence-corrected chi connectivity index (χ1v) is 11.0. The Labute approximate surface area is 196 Å². The molecule has 1 atom stereocenters. The van der Waals surface area contributed by atoms with Crippen LogP contribution in [0.25, 0.3) is 5.65 Å². The maximum absolute atomic E-state index is 13.3. The number of fused-ring (bicyclic) bond motifs is 1. The molecule has 0 unspecified atom stereocenters. The number of hydrogen-bond acceptors (Lipinski definition) is 7. The van der Waals surface area contributed by atoms with E-state index in [1.807, 2.05) is 30.9 Å². The van der Waals surface area contributed by atoms with Crippen LogP contribution >= 0.6 is 0 Å². The Kier molecular flexibility index (Phi) is 6.20. The second-order valence-electron chi connectivity index (χ2n) is 8.50. The average molecular weight is 457 g/mol. The number of para-hydroxylation sites is 1. The van der Waals surface area contributed by atoms with Crippen LogP contribution in [0.2, 0.25) is 0 Å². The van der Waals surface area contributed by atoms with Crippen LogP contribution in [-0.4, -0.2) is 33.6 Å². The monoisotopic (exact) mass is 456 g/mol. The van der Waals surface area contributed by atoms with Crippen LogP contribution in [0.5, 0.6) is 0 Å². The van der Waals surface area contributed by atoms with E-state index in [0.717, 1.165) is 5.56 Å². The Hall–Kier alpha value is -4.37. The number of piperidine rings is 1. The molecule has 9 heteroatoms. The van der Waals surface area contributed by atoms with Gasteiger partial charge in [0.1, 0.15) is 11.7 Å². The zero-order valence-corrected chi connectivity index (χ0v) is 18.9. The van der Waals surface area contributed by atoms with E-state index < -0.39 is 11.5 Å². The van der Waals surface area contributed by atoms with Crippen molar-refractivity contribution >= 4 is 23.1 Å². The van der Waals surface area contributed by atoms with Gasteiger partial charge in [0.05, 0.1) is 17.7 Å². The summed E-state index contributed by atoms with van der Waals surface area (Å²) in [5.74, 6) is -0.757. The van der Waals surface area contributed by atoms with E-state index in [1.54, 1.807) is 24.4 Å². The maximum atomic E-state index is 13.3. The van der Waals surface area contributed by atoms with Crippen molar-refractivity contribution < 1.29 is 9.90 Å². The summed E-state index contributed by atoms with van der Waals surface area (Å²) in [7, 11) is 0. The van der Waals surface area contributed by atoms with Gasteiger partial charge in [-0.15, -0.1) is 0 Å². The molecule has 3 heterocycles. The van der Waals surface area contributed by atoms with Crippen molar-refractivity contribution in [2.75, 3.05) is 23.3 Å². The molecule has 4 rings (SSSR count). The zero-order valence-electron chi connectivity index (χ0n) is 18.9. The molecular weight excluding hydrogens is 432 g/mol. The highest BCUT2D eigenvalue weighted by Crippen LogP contribution is 2.28. The van der Waals surface area contributed by atoms with Crippen LogP contribution < -0.4 is 15.8 Å². The Morgan fingerprint density at radius 3 is 2.62 bits per heavy atom. The van der Waals surface area contributed by atoms with Gasteiger partial charge < -0.3 is 15.3 Å². The van der Waals surface area contributed by atoms with Gasteiger partial charge in [0.2, 0.25) is 0 Å². The minimum Gasteiger partial charge on any atom is -0.478 e. The number of carboxylic acid groups (broad SMARTS) is 1. The van der Waals surface area contributed by atoms with Crippen LogP contribution in [0.15, 0.2) is 41.3 Å². The third kappa shape index (κ3) is 4.16. The van der Waals surface area contributed by atoms with Crippen LogP contribution in [0.4, 0.5) is 11.5 Å². The van der Waals surface area contributed by atoms with Crippen molar-refractivity contribution in [1.82, 2.24) is 9.38 Å². The predicted molar refractivity (Wildman–Crippen MR) is 127 cm³/mol. The van der Waals surface area contributed by atoms with E-state index in [2.05, 4.69) is 11.4 Å². The fourth-order valence-corrected chi connectivity index (χ4v) is 4.37. The number of carbonyl (C=O) groups is 1. The number of hydrogen-bond donors (Lipinski definition) is 2. The molecule has 0 radical (unpaired) electrons. The third-order valence-corrected chi connectivity index (χ3v) is 6.16. The number of benzene rings is 1. The fourth-order valence-electron chi connectivity index (χ4n) is 4.37. The Balaban J connectivity index is 1.83. The molecule has 0 saturated carbocycles. The van der Waals surface area contributed by atoms with Crippen LogP contribution in [0.3, 0.4) is 0 Å².